The van der Waals surface area contributed by atoms with Gasteiger partial charge in [0.25, 0.3) is 0 Å². The first-order valence-corrected chi connectivity index (χ1v) is 10.3. The molecule has 1 N–H and O–H groups in total. The van der Waals surface area contributed by atoms with Crippen molar-refractivity contribution in [2.75, 3.05) is 0 Å². The Labute approximate surface area is 152 Å². The van der Waals surface area contributed by atoms with Gasteiger partial charge < -0.3 is 9.53 Å². The van der Waals surface area contributed by atoms with Gasteiger partial charge in [0.15, 0.2) is 5.60 Å². The third-order valence-corrected chi connectivity index (χ3v) is 7.34. The minimum Gasteiger partial charge on any atom is -0.479 e. The van der Waals surface area contributed by atoms with Crippen LogP contribution >= 0.6 is 0 Å². The van der Waals surface area contributed by atoms with E-state index < -0.39 is 26.0 Å². The topological polar surface area (TPSA) is 46.5 Å². The summed E-state index contributed by atoms with van der Waals surface area (Å²) in [6, 6.07) is 20.0. The number of aliphatic carboxylic acids is 1. The molecule has 3 nitrogen and oxygen atoms in total. The third-order valence-electron chi connectivity index (χ3n) is 4.75. The fourth-order valence-corrected chi connectivity index (χ4v) is 6.47. The number of hydrogen-bond donors (Lipinski definition) is 1. The lowest BCUT2D eigenvalue weighted by Gasteiger charge is -2.46. The average molecular weight is 357 g/mol. The predicted molar refractivity (Wildman–Crippen MR) is 105 cm³/mol. The van der Waals surface area contributed by atoms with Crippen molar-refractivity contribution >= 4 is 25.4 Å². The lowest BCUT2D eigenvalue weighted by molar-refractivity contribution is -0.173. The van der Waals surface area contributed by atoms with E-state index in [9.17, 15) is 9.90 Å². The first kappa shape index (κ1) is 19.4. The second-order valence-electron chi connectivity index (χ2n) is 7.76. The molecule has 0 aromatic heterocycles. The molecule has 0 bridgehead atoms. The molecular weight excluding hydrogens is 328 g/mol. The molecule has 2 aromatic rings. The fraction of sp³-hybridized carbons (Fsp3) is 0.381. The minimum absolute atomic E-state index is 0.160. The summed E-state index contributed by atoms with van der Waals surface area (Å²) in [6.07, 6.45) is 0. The predicted octanol–water partition coefficient (Wildman–Crippen LogP) is 3.07. The van der Waals surface area contributed by atoms with Gasteiger partial charge in [-0.1, -0.05) is 95.3 Å². The van der Waals surface area contributed by atoms with Crippen molar-refractivity contribution in [3.63, 3.8) is 0 Å². The molecular formula is C21H28O3Si. The lowest BCUT2D eigenvalue weighted by atomic mass is 9.70. The van der Waals surface area contributed by atoms with Crippen LogP contribution in [0, 0.1) is 11.3 Å². The quantitative estimate of drug-likeness (QED) is 0.809. The fourth-order valence-electron chi connectivity index (χ4n) is 3.57. The Kier molecular flexibility index (Phi) is 5.86. The highest BCUT2D eigenvalue weighted by molar-refractivity contribution is 6.80. The Morgan fingerprint density at radius 1 is 0.920 bits per heavy atom. The molecule has 0 unspecified atom stereocenters. The highest BCUT2D eigenvalue weighted by atomic mass is 28.3. The van der Waals surface area contributed by atoms with E-state index in [1.807, 2.05) is 95.3 Å². The molecule has 134 valence electrons. The maximum atomic E-state index is 12.4. The number of benzene rings is 2. The Hall–Kier alpha value is -1.91. The third kappa shape index (κ3) is 3.85. The van der Waals surface area contributed by atoms with Gasteiger partial charge in [-0.25, -0.2) is 4.79 Å². The van der Waals surface area contributed by atoms with Crippen molar-refractivity contribution < 1.29 is 14.3 Å². The van der Waals surface area contributed by atoms with Gasteiger partial charge in [0.05, 0.1) is 0 Å². The van der Waals surface area contributed by atoms with Gasteiger partial charge in [-0.3, -0.25) is 0 Å². The van der Waals surface area contributed by atoms with Gasteiger partial charge in [-0.15, -0.1) is 0 Å². The standard InChI is InChI=1S/C21H28O3Si/c1-16(2)21(19(22)23,20(3,4)5)24-25(17-12-8-6-9-13-17)18-14-10-7-11-15-18/h6-16,25H,1-5H3,(H,22,23)/t21-/m0/s1. The van der Waals surface area contributed by atoms with Crippen molar-refractivity contribution in [1.82, 2.24) is 0 Å². The van der Waals surface area contributed by atoms with Crippen LogP contribution in [0.5, 0.6) is 0 Å². The average Bonchev–Trinajstić information content (AvgIpc) is 2.55. The molecule has 0 heterocycles. The second kappa shape index (κ2) is 7.54. The molecule has 0 fully saturated rings. The smallest absolute Gasteiger partial charge is 0.335 e. The van der Waals surface area contributed by atoms with Gasteiger partial charge in [0, 0.05) is 5.41 Å². The van der Waals surface area contributed by atoms with Crippen LogP contribution in [0.2, 0.25) is 0 Å². The summed E-state index contributed by atoms with van der Waals surface area (Å²) < 4.78 is 6.64. The van der Waals surface area contributed by atoms with Crippen molar-refractivity contribution in [3.05, 3.63) is 60.7 Å². The molecule has 0 amide bonds. The summed E-state index contributed by atoms with van der Waals surface area (Å²) in [5.74, 6) is -1.05. The molecule has 2 rings (SSSR count). The van der Waals surface area contributed by atoms with Crippen LogP contribution in [-0.4, -0.2) is 25.7 Å². The zero-order valence-corrected chi connectivity index (χ0v) is 16.8. The minimum atomic E-state index is -2.17. The van der Waals surface area contributed by atoms with E-state index in [-0.39, 0.29) is 5.92 Å². The molecule has 0 aliphatic carbocycles. The zero-order valence-electron chi connectivity index (χ0n) is 15.7. The molecule has 2 aromatic carbocycles. The summed E-state index contributed by atoms with van der Waals surface area (Å²) in [7, 11) is -2.17. The number of rotatable bonds is 6. The molecule has 25 heavy (non-hydrogen) atoms. The SMILES string of the molecule is CC(C)[C@](O[SiH](c1ccccc1)c1ccccc1)(C(=O)O)C(C)(C)C. The molecule has 0 spiro atoms. The first-order valence-electron chi connectivity index (χ1n) is 8.71. The first-order chi connectivity index (χ1) is 11.7. The molecule has 0 aliphatic heterocycles. The van der Waals surface area contributed by atoms with Gasteiger partial charge in [-0.05, 0) is 16.3 Å². The Morgan fingerprint density at radius 3 is 1.60 bits per heavy atom. The van der Waals surface area contributed by atoms with Gasteiger partial charge >= 0.3 is 5.97 Å². The number of carboxylic acid groups (broad SMARTS) is 1. The number of carbonyl (C=O) groups is 1. The Morgan fingerprint density at radius 2 is 1.32 bits per heavy atom. The lowest BCUT2D eigenvalue weighted by Crippen LogP contribution is -2.62. The molecule has 1 atom stereocenters. The van der Waals surface area contributed by atoms with E-state index in [2.05, 4.69) is 0 Å². The largest absolute Gasteiger partial charge is 0.479 e. The van der Waals surface area contributed by atoms with E-state index in [1.165, 1.54) is 0 Å². The number of hydrogen-bond acceptors (Lipinski definition) is 2. The Balaban J connectivity index is 2.60. The van der Waals surface area contributed by atoms with E-state index in [4.69, 9.17) is 4.43 Å². The Bertz CT molecular complexity index is 653. The van der Waals surface area contributed by atoms with Crippen molar-refractivity contribution in [3.8, 4) is 0 Å². The van der Waals surface area contributed by atoms with E-state index in [0.717, 1.165) is 10.4 Å². The van der Waals surface area contributed by atoms with Gasteiger partial charge in [0.2, 0.25) is 9.04 Å². The molecule has 0 radical (unpaired) electrons. The van der Waals surface area contributed by atoms with Crippen LogP contribution < -0.4 is 10.4 Å². The number of carboxylic acids is 1. The normalized spacial score (nSPS) is 14.5. The zero-order chi connectivity index (χ0) is 18.7. The summed E-state index contributed by atoms with van der Waals surface area (Å²) >= 11 is 0. The van der Waals surface area contributed by atoms with Gasteiger partial charge in [-0.2, -0.15) is 0 Å². The summed E-state index contributed by atoms with van der Waals surface area (Å²) in [5.41, 5.74) is -1.79. The van der Waals surface area contributed by atoms with Crippen molar-refractivity contribution in [2.24, 2.45) is 11.3 Å². The van der Waals surface area contributed by atoms with Crippen molar-refractivity contribution in [2.45, 2.75) is 40.2 Å². The van der Waals surface area contributed by atoms with Crippen LogP contribution in [0.3, 0.4) is 0 Å². The van der Waals surface area contributed by atoms with E-state index >= 15 is 0 Å². The van der Waals surface area contributed by atoms with Crippen LogP contribution in [0.1, 0.15) is 34.6 Å². The maximum Gasteiger partial charge on any atom is 0.335 e. The summed E-state index contributed by atoms with van der Waals surface area (Å²) in [4.78, 5) is 12.4. The monoisotopic (exact) mass is 356 g/mol. The highest BCUT2D eigenvalue weighted by Crippen LogP contribution is 2.40. The molecule has 4 heteroatoms. The molecule has 0 saturated heterocycles. The van der Waals surface area contributed by atoms with E-state index in [0.29, 0.717) is 0 Å². The summed E-state index contributed by atoms with van der Waals surface area (Å²) in [6.45, 7) is 9.70. The highest BCUT2D eigenvalue weighted by Gasteiger charge is 2.54. The second-order valence-corrected chi connectivity index (χ2v) is 10.1. The summed E-state index contributed by atoms with van der Waals surface area (Å²) in [5, 5.41) is 12.3. The van der Waals surface area contributed by atoms with Gasteiger partial charge in [0.1, 0.15) is 0 Å². The van der Waals surface area contributed by atoms with Crippen LogP contribution in [0.25, 0.3) is 0 Å². The van der Waals surface area contributed by atoms with Crippen LogP contribution in [-0.2, 0) is 9.22 Å². The van der Waals surface area contributed by atoms with Crippen LogP contribution in [0.4, 0.5) is 0 Å². The van der Waals surface area contributed by atoms with Crippen molar-refractivity contribution in [1.29, 1.82) is 0 Å². The molecule has 0 aliphatic rings. The molecule has 0 saturated carbocycles. The van der Waals surface area contributed by atoms with Crippen LogP contribution in [0.15, 0.2) is 60.7 Å². The van der Waals surface area contributed by atoms with E-state index in [1.54, 1.807) is 0 Å². The maximum absolute atomic E-state index is 12.4.